The van der Waals surface area contributed by atoms with Crippen LogP contribution in [0.5, 0.6) is 0 Å². The number of nitrogens with one attached hydrogen (secondary N) is 1. The molecule has 1 atom stereocenters. The highest BCUT2D eigenvalue weighted by Gasteiger charge is 2.33. The van der Waals surface area contributed by atoms with Crippen molar-refractivity contribution in [2.75, 3.05) is 33.2 Å². The number of nitrogens with zero attached hydrogens (tertiary/aromatic N) is 1. The van der Waals surface area contributed by atoms with Crippen molar-refractivity contribution < 1.29 is 13.2 Å². The third-order valence-corrected chi connectivity index (χ3v) is 2.27. The molecular weight excluding hydrogens is 181 g/mol. The Labute approximate surface area is 76.1 Å². The van der Waals surface area contributed by atoms with Crippen molar-refractivity contribution in [1.29, 1.82) is 0 Å². The summed E-state index contributed by atoms with van der Waals surface area (Å²) in [6.07, 6.45) is -3.18. The molecule has 1 aliphatic heterocycles. The zero-order chi connectivity index (χ0) is 9.90. The van der Waals surface area contributed by atoms with E-state index in [0.29, 0.717) is 19.0 Å². The summed E-state index contributed by atoms with van der Waals surface area (Å²) < 4.78 is 35.9. The van der Waals surface area contributed by atoms with Gasteiger partial charge in [-0.2, -0.15) is 13.2 Å². The van der Waals surface area contributed by atoms with Crippen LogP contribution in [0, 0.1) is 5.92 Å². The molecule has 2 nitrogen and oxygen atoms in total. The van der Waals surface area contributed by atoms with E-state index in [-0.39, 0.29) is 0 Å². The zero-order valence-corrected chi connectivity index (χ0v) is 7.69. The van der Waals surface area contributed by atoms with E-state index in [4.69, 9.17) is 0 Å². The van der Waals surface area contributed by atoms with Gasteiger partial charge in [0, 0.05) is 6.54 Å². The Hall–Kier alpha value is -0.290. The van der Waals surface area contributed by atoms with Crippen molar-refractivity contribution >= 4 is 0 Å². The molecule has 1 N–H and O–H groups in total. The minimum absolute atomic E-state index is 0.382. The van der Waals surface area contributed by atoms with Gasteiger partial charge in [-0.05, 0) is 32.5 Å². The first-order chi connectivity index (χ1) is 6.01. The molecule has 0 aromatic rings. The fraction of sp³-hybridized carbons (Fsp3) is 1.00. The van der Waals surface area contributed by atoms with Crippen molar-refractivity contribution in [3.8, 4) is 0 Å². The second-order valence-electron chi connectivity index (χ2n) is 3.56. The Bertz CT molecular complexity index is 158. The van der Waals surface area contributed by atoms with E-state index in [1.165, 1.54) is 4.90 Å². The van der Waals surface area contributed by atoms with Gasteiger partial charge in [-0.3, -0.25) is 4.90 Å². The summed E-state index contributed by atoms with van der Waals surface area (Å²) in [6.45, 7) is 1.20. The number of alkyl halides is 3. The summed E-state index contributed by atoms with van der Waals surface area (Å²) in [6, 6.07) is 0. The number of rotatable bonds is 3. The summed E-state index contributed by atoms with van der Waals surface area (Å²) in [5.41, 5.74) is 0. The van der Waals surface area contributed by atoms with Gasteiger partial charge in [-0.1, -0.05) is 0 Å². The first kappa shape index (κ1) is 10.8. The highest BCUT2D eigenvalue weighted by Crippen LogP contribution is 2.22. The fourth-order valence-corrected chi connectivity index (χ4v) is 1.77. The molecule has 0 aromatic carbocycles. The fourth-order valence-electron chi connectivity index (χ4n) is 1.77. The van der Waals surface area contributed by atoms with Crippen LogP contribution in [0.25, 0.3) is 0 Å². The Balaban J connectivity index is 2.25. The van der Waals surface area contributed by atoms with Crippen LogP contribution in [0.2, 0.25) is 0 Å². The number of hydrogen-bond acceptors (Lipinski definition) is 2. The summed E-state index contributed by atoms with van der Waals surface area (Å²) in [5.74, 6) is 0.382. The summed E-state index contributed by atoms with van der Waals surface area (Å²) >= 11 is 0. The lowest BCUT2D eigenvalue weighted by Crippen LogP contribution is -2.33. The molecule has 78 valence electrons. The maximum Gasteiger partial charge on any atom is 0.401 e. The molecule has 1 rings (SSSR count). The van der Waals surface area contributed by atoms with Gasteiger partial charge < -0.3 is 5.32 Å². The molecule has 0 aromatic heterocycles. The quantitative estimate of drug-likeness (QED) is 0.727. The normalized spacial score (nSPS) is 25.4. The lowest BCUT2D eigenvalue weighted by Gasteiger charge is -2.17. The van der Waals surface area contributed by atoms with E-state index < -0.39 is 12.7 Å². The van der Waals surface area contributed by atoms with Crippen LogP contribution in [-0.2, 0) is 0 Å². The molecule has 1 fully saturated rings. The smallest absolute Gasteiger partial charge is 0.319 e. The number of halogens is 3. The molecule has 0 saturated carbocycles. The van der Waals surface area contributed by atoms with Gasteiger partial charge in [-0.15, -0.1) is 0 Å². The molecule has 0 radical (unpaired) electrons. The monoisotopic (exact) mass is 196 g/mol. The topological polar surface area (TPSA) is 15.3 Å². The van der Waals surface area contributed by atoms with Gasteiger partial charge in [-0.25, -0.2) is 0 Å². The van der Waals surface area contributed by atoms with Gasteiger partial charge in [0.25, 0.3) is 0 Å². The average molecular weight is 196 g/mol. The largest absolute Gasteiger partial charge is 0.401 e. The molecule has 0 amide bonds. The zero-order valence-electron chi connectivity index (χ0n) is 7.69. The number of likely N-dealkylation sites (tertiary alicyclic amines) is 1. The molecular formula is C8H15F3N2. The van der Waals surface area contributed by atoms with Crippen molar-refractivity contribution in [3.63, 3.8) is 0 Å². The highest BCUT2D eigenvalue weighted by atomic mass is 19.4. The Morgan fingerprint density at radius 3 is 2.69 bits per heavy atom. The van der Waals surface area contributed by atoms with Crippen LogP contribution in [0.3, 0.4) is 0 Å². The molecule has 1 unspecified atom stereocenters. The maximum atomic E-state index is 12.0. The van der Waals surface area contributed by atoms with Crippen LogP contribution in [0.1, 0.15) is 6.42 Å². The third kappa shape index (κ3) is 3.95. The summed E-state index contributed by atoms with van der Waals surface area (Å²) in [5, 5.41) is 2.99. The second kappa shape index (κ2) is 4.28. The van der Waals surface area contributed by atoms with Gasteiger partial charge >= 0.3 is 6.18 Å². The van der Waals surface area contributed by atoms with E-state index in [2.05, 4.69) is 5.32 Å². The molecule has 0 spiro atoms. The van der Waals surface area contributed by atoms with E-state index in [1.807, 2.05) is 7.05 Å². The predicted octanol–water partition coefficient (Wildman–Crippen LogP) is 1.09. The minimum Gasteiger partial charge on any atom is -0.319 e. The van der Waals surface area contributed by atoms with Gasteiger partial charge in [0.15, 0.2) is 0 Å². The molecule has 0 aliphatic carbocycles. The molecule has 5 heteroatoms. The van der Waals surface area contributed by atoms with Gasteiger partial charge in [0.05, 0.1) is 6.54 Å². The van der Waals surface area contributed by atoms with Gasteiger partial charge in [0.2, 0.25) is 0 Å². The minimum atomic E-state index is -4.05. The van der Waals surface area contributed by atoms with Crippen molar-refractivity contribution in [1.82, 2.24) is 10.2 Å². The van der Waals surface area contributed by atoms with Crippen LogP contribution in [0.15, 0.2) is 0 Å². The SMILES string of the molecule is CNCC1CCN(CC(F)(F)F)C1. The summed E-state index contributed by atoms with van der Waals surface area (Å²) in [4.78, 5) is 1.47. The van der Waals surface area contributed by atoms with Crippen molar-refractivity contribution in [2.24, 2.45) is 5.92 Å². The van der Waals surface area contributed by atoms with Crippen LogP contribution < -0.4 is 5.32 Å². The van der Waals surface area contributed by atoms with Gasteiger partial charge in [0.1, 0.15) is 0 Å². The average Bonchev–Trinajstić information content (AvgIpc) is 2.33. The Morgan fingerprint density at radius 1 is 1.46 bits per heavy atom. The van der Waals surface area contributed by atoms with E-state index >= 15 is 0 Å². The lowest BCUT2D eigenvalue weighted by atomic mass is 10.1. The molecule has 1 heterocycles. The van der Waals surface area contributed by atoms with E-state index in [9.17, 15) is 13.2 Å². The first-order valence-electron chi connectivity index (χ1n) is 4.45. The standard InChI is InChI=1S/C8H15F3N2/c1-12-4-7-2-3-13(5-7)6-8(9,10)11/h7,12H,2-6H2,1H3. The van der Waals surface area contributed by atoms with E-state index in [1.54, 1.807) is 0 Å². The molecule has 0 bridgehead atoms. The number of hydrogen-bond donors (Lipinski definition) is 1. The van der Waals surface area contributed by atoms with E-state index in [0.717, 1.165) is 13.0 Å². The highest BCUT2D eigenvalue weighted by molar-refractivity contribution is 4.78. The molecule has 1 aliphatic rings. The second-order valence-corrected chi connectivity index (χ2v) is 3.56. The first-order valence-corrected chi connectivity index (χ1v) is 4.45. The molecule has 13 heavy (non-hydrogen) atoms. The lowest BCUT2D eigenvalue weighted by molar-refractivity contribution is -0.143. The third-order valence-electron chi connectivity index (χ3n) is 2.27. The predicted molar refractivity (Wildman–Crippen MR) is 44.5 cm³/mol. The van der Waals surface area contributed by atoms with Crippen LogP contribution >= 0.6 is 0 Å². The van der Waals surface area contributed by atoms with Crippen LogP contribution in [-0.4, -0.2) is 44.3 Å². The molecule has 1 saturated heterocycles. The van der Waals surface area contributed by atoms with Crippen molar-refractivity contribution in [2.45, 2.75) is 12.6 Å². The Kier molecular flexibility index (Phi) is 3.55. The van der Waals surface area contributed by atoms with Crippen LogP contribution in [0.4, 0.5) is 13.2 Å². The van der Waals surface area contributed by atoms with Crippen molar-refractivity contribution in [3.05, 3.63) is 0 Å². The maximum absolute atomic E-state index is 12.0. The summed E-state index contributed by atoms with van der Waals surface area (Å²) in [7, 11) is 1.83. The Morgan fingerprint density at radius 2 is 2.15 bits per heavy atom.